The van der Waals surface area contributed by atoms with E-state index in [1.807, 2.05) is 0 Å². The summed E-state index contributed by atoms with van der Waals surface area (Å²) in [6.45, 7) is 1.32. The van der Waals surface area contributed by atoms with E-state index in [1.54, 1.807) is 0 Å². The van der Waals surface area contributed by atoms with Gasteiger partial charge in [-0.3, -0.25) is 4.79 Å². The fourth-order valence-electron chi connectivity index (χ4n) is 1.61. The summed E-state index contributed by atoms with van der Waals surface area (Å²) in [7, 11) is 0. The van der Waals surface area contributed by atoms with Gasteiger partial charge >= 0.3 is 0 Å². The van der Waals surface area contributed by atoms with Crippen molar-refractivity contribution in [3.63, 3.8) is 0 Å². The smallest absolute Gasteiger partial charge is 0.160 e. The molecule has 0 amide bonds. The van der Waals surface area contributed by atoms with Crippen LogP contribution in [0.25, 0.3) is 0 Å². The molecule has 2 rings (SSSR count). The van der Waals surface area contributed by atoms with Gasteiger partial charge in [0.2, 0.25) is 0 Å². The average molecular weight is 265 g/mol. The Hall–Kier alpha value is -2.30. The highest BCUT2D eigenvalue weighted by molar-refractivity contribution is 5.95. The quantitative estimate of drug-likeness (QED) is 0.848. The van der Waals surface area contributed by atoms with E-state index in [0.717, 1.165) is 24.3 Å². The van der Waals surface area contributed by atoms with E-state index in [2.05, 4.69) is 5.32 Å². The normalized spacial score (nSPS) is 10.3. The predicted molar refractivity (Wildman–Crippen MR) is 66.0 cm³/mol. The average Bonchev–Trinajstić information content (AvgIpc) is 2.33. The second-order valence-corrected chi connectivity index (χ2v) is 4.04. The van der Waals surface area contributed by atoms with Crippen LogP contribution in [0.5, 0.6) is 0 Å². The molecule has 2 aromatic rings. The maximum Gasteiger partial charge on any atom is 0.160 e. The van der Waals surface area contributed by atoms with Crippen LogP contribution in [-0.4, -0.2) is 5.78 Å². The third-order valence-electron chi connectivity index (χ3n) is 2.51. The minimum atomic E-state index is -1.01. The number of hydrogen-bond acceptors (Lipinski definition) is 2. The molecule has 0 bridgehead atoms. The van der Waals surface area contributed by atoms with E-state index >= 15 is 0 Å². The Balaban J connectivity index is 2.32. The highest BCUT2D eigenvalue weighted by Crippen LogP contribution is 2.21. The maximum absolute atomic E-state index is 13.3. The van der Waals surface area contributed by atoms with Crippen molar-refractivity contribution in [2.75, 3.05) is 5.32 Å². The summed E-state index contributed by atoms with van der Waals surface area (Å²) >= 11 is 0. The molecule has 0 fully saturated rings. The summed E-state index contributed by atoms with van der Waals surface area (Å²) < 4.78 is 39.1. The van der Waals surface area contributed by atoms with Gasteiger partial charge in [-0.2, -0.15) is 0 Å². The molecule has 0 spiro atoms. The van der Waals surface area contributed by atoms with E-state index in [9.17, 15) is 18.0 Å². The van der Waals surface area contributed by atoms with Gasteiger partial charge in [0.05, 0.1) is 0 Å². The Morgan fingerprint density at radius 2 is 1.68 bits per heavy atom. The molecule has 98 valence electrons. The van der Waals surface area contributed by atoms with E-state index in [4.69, 9.17) is 0 Å². The summed E-state index contributed by atoms with van der Waals surface area (Å²) in [5.74, 6) is -2.84. The number of carbonyl (C=O) groups is 1. The summed E-state index contributed by atoms with van der Waals surface area (Å²) in [4.78, 5) is 11.2. The summed E-state index contributed by atoms with van der Waals surface area (Å²) in [6.07, 6.45) is 0. The van der Waals surface area contributed by atoms with Crippen LogP contribution in [-0.2, 0) is 0 Å². The Bertz CT molecular complexity index is 641. The van der Waals surface area contributed by atoms with Crippen molar-refractivity contribution >= 4 is 17.2 Å². The van der Waals surface area contributed by atoms with Gasteiger partial charge in [-0.1, -0.05) is 0 Å². The Morgan fingerprint density at radius 3 is 2.32 bits per heavy atom. The van der Waals surface area contributed by atoms with Gasteiger partial charge in [0.1, 0.15) is 5.82 Å². The summed E-state index contributed by atoms with van der Waals surface area (Å²) in [5, 5.41) is 2.71. The lowest BCUT2D eigenvalue weighted by atomic mass is 10.1. The molecule has 0 unspecified atom stereocenters. The number of hydrogen-bond donors (Lipinski definition) is 1. The van der Waals surface area contributed by atoms with Crippen molar-refractivity contribution in [3.8, 4) is 0 Å². The van der Waals surface area contributed by atoms with E-state index < -0.39 is 17.5 Å². The molecule has 0 saturated heterocycles. The van der Waals surface area contributed by atoms with Crippen LogP contribution in [0.2, 0.25) is 0 Å². The van der Waals surface area contributed by atoms with Gasteiger partial charge in [-0.05, 0) is 37.3 Å². The zero-order chi connectivity index (χ0) is 14.0. The van der Waals surface area contributed by atoms with Gasteiger partial charge in [0.25, 0.3) is 0 Å². The highest BCUT2D eigenvalue weighted by atomic mass is 19.2. The summed E-state index contributed by atoms with van der Waals surface area (Å²) in [5.41, 5.74) is 0.750. The molecular formula is C14H10F3NO. The lowest BCUT2D eigenvalue weighted by Gasteiger charge is -2.08. The van der Waals surface area contributed by atoms with Crippen LogP contribution in [0.1, 0.15) is 17.3 Å². The van der Waals surface area contributed by atoms with E-state index in [0.29, 0.717) is 0 Å². The van der Waals surface area contributed by atoms with Crippen LogP contribution in [0.15, 0.2) is 36.4 Å². The standard InChI is InChI=1S/C14H10F3NO/c1-8(19)9-4-10(15)6-12(5-9)18-11-2-3-13(16)14(17)7-11/h2-7,18H,1H3. The monoisotopic (exact) mass is 265 g/mol. The lowest BCUT2D eigenvalue weighted by molar-refractivity contribution is 0.101. The first-order chi connectivity index (χ1) is 8.95. The van der Waals surface area contributed by atoms with Crippen LogP contribution in [0, 0.1) is 17.5 Å². The molecule has 5 heteroatoms. The number of benzene rings is 2. The second kappa shape index (κ2) is 5.14. The first-order valence-corrected chi connectivity index (χ1v) is 5.49. The number of anilines is 2. The maximum atomic E-state index is 13.3. The Kier molecular flexibility index (Phi) is 3.55. The number of halogens is 3. The molecule has 0 saturated carbocycles. The first-order valence-electron chi connectivity index (χ1n) is 5.49. The molecule has 0 aliphatic heterocycles. The van der Waals surface area contributed by atoms with Crippen LogP contribution >= 0.6 is 0 Å². The number of rotatable bonds is 3. The Labute approximate surface area is 107 Å². The number of nitrogens with one attached hydrogen (secondary N) is 1. The van der Waals surface area contributed by atoms with Gasteiger partial charge in [-0.15, -0.1) is 0 Å². The molecule has 2 aromatic carbocycles. The number of ketones is 1. The number of carbonyl (C=O) groups excluding carboxylic acids is 1. The van der Waals surface area contributed by atoms with Crippen LogP contribution in [0.3, 0.4) is 0 Å². The third-order valence-corrected chi connectivity index (χ3v) is 2.51. The Morgan fingerprint density at radius 1 is 0.947 bits per heavy atom. The van der Waals surface area contributed by atoms with Gasteiger partial charge in [-0.25, -0.2) is 13.2 Å². The van der Waals surface area contributed by atoms with Crippen molar-refractivity contribution in [1.29, 1.82) is 0 Å². The SMILES string of the molecule is CC(=O)c1cc(F)cc(Nc2ccc(F)c(F)c2)c1. The predicted octanol–water partition coefficient (Wildman–Crippen LogP) is 4.05. The van der Waals surface area contributed by atoms with Gasteiger partial charge < -0.3 is 5.32 Å². The van der Waals surface area contributed by atoms with Crippen molar-refractivity contribution in [2.45, 2.75) is 6.92 Å². The fraction of sp³-hybridized carbons (Fsp3) is 0.0714. The van der Waals surface area contributed by atoms with E-state index in [1.165, 1.54) is 19.1 Å². The summed E-state index contributed by atoms with van der Waals surface area (Å²) in [6, 6.07) is 6.94. The minimum absolute atomic E-state index is 0.199. The fourth-order valence-corrected chi connectivity index (χ4v) is 1.61. The van der Waals surface area contributed by atoms with Crippen molar-refractivity contribution in [2.24, 2.45) is 0 Å². The molecule has 0 aliphatic carbocycles. The highest BCUT2D eigenvalue weighted by Gasteiger charge is 2.07. The van der Waals surface area contributed by atoms with Crippen molar-refractivity contribution in [1.82, 2.24) is 0 Å². The molecule has 19 heavy (non-hydrogen) atoms. The van der Waals surface area contributed by atoms with E-state index in [-0.39, 0.29) is 22.7 Å². The van der Waals surface area contributed by atoms with Gasteiger partial charge in [0.15, 0.2) is 17.4 Å². The molecule has 0 aliphatic rings. The number of Topliss-reactive ketones (excluding diaryl/α,β-unsaturated/α-hetero) is 1. The van der Waals surface area contributed by atoms with Crippen molar-refractivity contribution < 1.29 is 18.0 Å². The topological polar surface area (TPSA) is 29.1 Å². The molecule has 0 atom stereocenters. The van der Waals surface area contributed by atoms with Crippen LogP contribution < -0.4 is 5.32 Å². The molecule has 0 radical (unpaired) electrons. The van der Waals surface area contributed by atoms with Crippen LogP contribution in [0.4, 0.5) is 24.5 Å². The molecule has 2 nitrogen and oxygen atoms in total. The zero-order valence-electron chi connectivity index (χ0n) is 10.0. The lowest BCUT2D eigenvalue weighted by Crippen LogP contribution is -1.98. The van der Waals surface area contributed by atoms with Gasteiger partial charge in [0, 0.05) is 23.0 Å². The molecule has 1 N–H and O–H groups in total. The molecule has 0 aromatic heterocycles. The molecular weight excluding hydrogens is 255 g/mol. The molecule has 0 heterocycles. The minimum Gasteiger partial charge on any atom is -0.355 e. The first kappa shape index (κ1) is 13.1. The third kappa shape index (κ3) is 3.13. The van der Waals surface area contributed by atoms with Crippen molar-refractivity contribution in [3.05, 3.63) is 59.4 Å². The zero-order valence-corrected chi connectivity index (χ0v) is 10.0. The second-order valence-electron chi connectivity index (χ2n) is 4.04. The largest absolute Gasteiger partial charge is 0.355 e.